The van der Waals surface area contributed by atoms with E-state index in [1.54, 1.807) is 0 Å². The van der Waals surface area contributed by atoms with E-state index in [1.807, 2.05) is 30.5 Å². The van der Waals surface area contributed by atoms with Crippen LogP contribution < -0.4 is 24.0 Å². The molecule has 134 valence electrons. The number of nitrogens with zero attached hydrogens (tertiary/aromatic N) is 2. The average molecular weight is 450 g/mol. The Hall–Kier alpha value is -0.980. The molecular formula is C21H27IN2O. The monoisotopic (exact) mass is 450 g/mol. The zero-order valence-electron chi connectivity index (χ0n) is 14.8. The molecule has 0 radical (unpaired) electrons. The van der Waals surface area contributed by atoms with Crippen LogP contribution in [0, 0.1) is 11.8 Å². The lowest BCUT2D eigenvalue weighted by atomic mass is 9.71. The van der Waals surface area contributed by atoms with Crippen molar-refractivity contribution in [1.82, 2.24) is 4.98 Å². The Morgan fingerprint density at radius 1 is 1.36 bits per heavy atom. The molecule has 0 spiro atoms. The molecule has 3 aliphatic rings. The molecule has 1 aromatic heterocycles. The zero-order valence-corrected chi connectivity index (χ0v) is 17.0. The minimum Gasteiger partial charge on any atom is -1.00 e. The summed E-state index contributed by atoms with van der Waals surface area (Å²) in [6.07, 6.45) is 5.93. The van der Waals surface area contributed by atoms with Gasteiger partial charge >= 0.3 is 0 Å². The van der Waals surface area contributed by atoms with E-state index in [4.69, 9.17) is 0 Å². The summed E-state index contributed by atoms with van der Waals surface area (Å²) in [6.45, 7) is 9.74. The van der Waals surface area contributed by atoms with Crippen LogP contribution in [0.5, 0.6) is 0 Å². The second-order valence-corrected chi connectivity index (χ2v) is 7.55. The van der Waals surface area contributed by atoms with Gasteiger partial charge in [-0.2, -0.15) is 0 Å². The molecule has 25 heavy (non-hydrogen) atoms. The summed E-state index contributed by atoms with van der Waals surface area (Å²) in [5.41, 5.74) is 2.01. The number of aliphatic hydroxyl groups is 1. The summed E-state index contributed by atoms with van der Waals surface area (Å²) >= 11 is 0. The third-order valence-corrected chi connectivity index (χ3v) is 6.67. The summed E-state index contributed by atoms with van der Waals surface area (Å²) in [7, 11) is 0. The maximum atomic E-state index is 11.4. The summed E-state index contributed by atoms with van der Waals surface area (Å²) in [4.78, 5) is 4.45. The van der Waals surface area contributed by atoms with E-state index in [-0.39, 0.29) is 30.0 Å². The molecule has 0 aliphatic carbocycles. The van der Waals surface area contributed by atoms with Gasteiger partial charge in [-0.05, 0) is 30.5 Å². The predicted molar refractivity (Wildman–Crippen MR) is 97.4 cm³/mol. The molecule has 3 aliphatic heterocycles. The van der Waals surface area contributed by atoms with Crippen molar-refractivity contribution in [1.29, 1.82) is 0 Å². The largest absolute Gasteiger partial charge is 1.00 e. The van der Waals surface area contributed by atoms with Gasteiger partial charge in [-0.25, -0.2) is 0 Å². The Labute approximate surface area is 167 Å². The highest BCUT2D eigenvalue weighted by molar-refractivity contribution is 5.82. The van der Waals surface area contributed by atoms with Gasteiger partial charge in [-0.15, -0.1) is 6.58 Å². The van der Waals surface area contributed by atoms with E-state index in [2.05, 4.69) is 30.6 Å². The van der Waals surface area contributed by atoms with Crippen LogP contribution in [-0.4, -0.2) is 40.2 Å². The van der Waals surface area contributed by atoms with Crippen LogP contribution >= 0.6 is 0 Å². The molecule has 2 bridgehead atoms. The molecule has 3 fully saturated rings. The number of pyridine rings is 1. The molecule has 0 amide bonds. The van der Waals surface area contributed by atoms with Crippen LogP contribution in [0.4, 0.5) is 0 Å². The van der Waals surface area contributed by atoms with Gasteiger partial charge in [0.05, 0.1) is 25.2 Å². The maximum absolute atomic E-state index is 11.4. The first-order valence-electron chi connectivity index (χ1n) is 9.18. The highest BCUT2D eigenvalue weighted by atomic mass is 127. The van der Waals surface area contributed by atoms with Gasteiger partial charge in [0.1, 0.15) is 12.1 Å². The molecule has 2 aromatic rings. The number of para-hydroxylation sites is 1. The smallest absolute Gasteiger partial charge is 0.131 e. The van der Waals surface area contributed by atoms with Crippen LogP contribution in [0.1, 0.15) is 31.4 Å². The van der Waals surface area contributed by atoms with E-state index < -0.39 is 6.10 Å². The minimum absolute atomic E-state index is 0. The lowest BCUT2D eigenvalue weighted by Gasteiger charge is -2.57. The highest BCUT2D eigenvalue weighted by Crippen LogP contribution is 2.46. The fourth-order valence-corrected chi connectivity index (χ4v) is 5.23. The number of rotatable bonds is 4. The number of benzene rings is 1. The summed E-state index contributed by atoms with van der Waals surface area (Å²) in [5, 5.41) is 12.4. The van der Waals surface area contributed by atoms with E-state index >= 15 is 0 Å². The number of aliphatic hydroxyl groups excluding tert-OH is 1. The molecular weight excluding hydrogens is 423 g/mol. The van der Waals surface area contributed by atoms with Gasteiger partial charge in [0.25, 0.3) is 0 Å². The van der Waals surface area contributed by atoms with Crippen molar-refractivity contribution >= 4 is 10.9 Å². The van der Waals surface area contributed by atoms with Gasteiger partial charge in [-0.3, -0.25) is 4.98 Å². The van der Waals surface area contributed by atoms with Crippen molar-refractivity contribution in [2.75, 3.05) is 19.6 Å². The number of fused-ring (bicyclic) bond motifs is 4. The Balaban J connectivity index is 0.00000182. The van der Waals surface area contributed by atoms with Crippen LogP contribution in [0.25, 0.3) is 10.9 Å². The van der Waals surface area contributed by atoms with Crippen molar-refractivity contribution in [3.8, 4) is 0 Å². The maximum Gasteiger partial charge on any atom is 0.131 e. The predicted octanol–water partition coefficient (Wildman–Crippen LogP) is 0.703. The summed E-state index contributed by atoms with van der Waals surface area (Å²) < 4.78 is 1.03. The van der Waals surface area contributed by atoms with Crippen molar-refractivity contribution in [3.05, 3.63) is 54.7 Å². The molecule has 3 nitrogen and oxygen atoms in total. The van der Waals surface area contributed by atoms with Crippen LogP contribution in [0.2, 0.25) is 0 Å². The fraction of sp³-hybridized carbons (Fsp3) is 0.476. The Morgan fingerprint density at radius 2 is 2.16 bits per heavy atom. The first kappa shape index (κ1) is 18.8. The SMILES string of the molecule is C=C[C@H]1C[N@+]2(CC)CC[C@H]1C[C@@H]2[C@@H](O)c1ccnc2ccccc12.[I-]. The lowest BCUT2D eigenvalue weighted by molar-refractivity contribution is -0.971. The standard InChI is InChI=1S/C21H27N2O.HI/c1-3-15-14-23(4-2)12-10-16(15)13-20(23)21(24)18-9-11-22-19-8-6-5-7-17(18)19;/h3,5-9,11,15-16,20-21,24H,1,4,10,12-14H2,2H3;1H/q+1;/p-1/t15-,16-,20+,21-,23-;/m0./s1. The first-order valence-corrected chi connectivity index (χ1v) is 9.18. The number of likely N-dealkylation sites (N-methyl/N-ethyl adjacent to an activating group) is 1. The quantitative estimate of drug-likeness (QED) is 0.423. The van der Waals surface area contributed by atoms with E-state index in [0.717, 1.165) is 40.5 Å². The normalized spacial score (nSPS) is 32.2. The zero-order chi connectivity index (χ0) is 16.7. The van der Waals surface area contributed by atoms with E-state index in [1.165, 1.54) is 13.0 Å². The van der Waals surface area contributed by atoms with Crippen LogP contribution in [0.15, 0.2) is 49.2 Å². The number of hydrogen-bond acceptors (Lipinski definition) is 2. The third kappa shape index (κ3) is 3.02. The molecule has 5 rings (SSSR count). The number of halogens is 1. The van der Waals surface area contributed by atoms with Gasteiger partial charge in [0.2, 0.25) is 0 Å². The van der Waals surface area contributed by atoms with Gasteiger partial charge < -0.3 is 33.6 Å². The van der Waals surface area contributed by atoms with Crippen molar-refractivity contribution < 1.29 is 33.6 Å². The Bertz CT molecular complexity index is 759. The van der Waals surface area contributed by atoms with Gasteiger partial charge in [0, 0.05) is 30.3 Å². The Kier molecular flexibility index (Phi) is 5.51. The van der Waals surface area contributed by atoms with Gasteiger partial charge in [0.15, 0.2) is 0 Å². The molecule has 4 heteroatoms. The molecule has 0 saturated carbocycles. The second kappa shape index (κ2) is 7.33. The fourth-order valence-electron chi connectivity index (χ4n) is 5.23. The second-order valence-electron chi connectivity index (χ2n) is 7.55. The summed E-state index contributed by atoms with van der Waals surface area (Å²) in [5.74, 6) is 1.29. The number of hydrogen-bond donors (Lipinski definition) is 1. The van der Waals surface area contributed by atoms with Crippen LogP contribution in [0.3, 0.4) is 0 Å². The molecule has 1 N–H and O–H groups in total. The van der Waals surface area contributed by atoms with Crippen LogP contribution in [-0.2, 0) is 0 Å². The molecule has 0 unspecified atom stereocenters. The number of quaternary nitrogens is 1. The number of aromatic nitrogens is 1. The molecule has 4 heterocycles. The number of piperidine rings is 3. The van der Waals surface area contributed by atoms with E-state index in [9.17, 15) is 5.11 Å². The van der Waals surface area contributed by atoms with Gasteiger partial charge in [-0.1, -0.05) is 24.3 Å². The highest BCUT2D eigenvalue weighted by Gasteiger charge is 2.53. The Morgan fingerprint density at radius 3 is 2.92 bits per heavy atom. The topological polar surface area (TPSA) is 33.1 Å². The van der Waals surface area contributed by atoms with Crippen molar-refractivity contribution in [2.45, 2.75) is 31.9 Å². The molecule has 1 aromatic carbocycles. The third-order valence-electron chi connectivity index (χ3n) is 6.67. The molecule has 3 saturated heterocycles. The minimum atomic E-state index is -0.425. The first-order chi connectivity index (χ1) is 11.7. The van der Waals surface area contributed by atoms with Crippen molar-refractivity contribution in [3.63, 3.8) is 0 Å². The van der Waals surface area contributed by atoms with E-state index in [0.29, 0.717) is 11.8 Å². The van der Waals surface area contributed by atoms with Crippen molar-refractivity contribution in [2.24, 2.45) is 11.8 Å². The average Bonchev–Trinajstić information content (AvgIpc) is 2.67. The lowest BCUT2D eigenvalue weighted by Crippen LogP contribution is -3.00. The summed E-state index contributed by atoms with van der Waals surface area (Å²) in [6, 6.07) is 10.4. The molecule has 5 atom stereocenters.